The first-order valence-corrected chi connectivity index (χ1v) is 8.68. The van der Waals surface area contributed by atoms with Gasteiger partial charge in [-0.3, -0.25) is 0 Å². The third-order valence-corrected chi connectivity index (χ3v) is 5.13. The molecule has 3 heteroatoms. The quantitative estimate of drug-likeness (QED) is 0.730. The van der Waals surface area contributed by atoms with Crippen LogP contribution in [0, 0.1) is 0 Å². The Kier molecular flexibility index (Phi) is 4.03. The highest BCUT2D eigenvalue weighted by atomic mass is 16.5. The molecule has 1 aliphatic heterocycles. The van der Waals surface area contributed by atoms with Crippen molar-refractivity contribution in [3.63, 3.8) is 0 Å². The zero-order valence-corrected chi connectivity index (χ0v) is 14.5. The topological polar surface area (TPSA) is 17.4 Å². The maximum Gasteiger partial charge on any atom is 0.129 e. The lowest BCUT2D eigenvalue weighted by molar-refractivity contribution is 0.310. The second-order valence-corrected chi connectivity index (χ2v) is 6.71. The number of hydrogen-bond acceptors (Lipinski definition) is 2. The van der Waals surface area contributed by atoms with Crippen molar-refractivity contribution in [2.75, 3.05) is 20.1 Å². The van der Waals surface area contributed by atoms with Crippen LogP contribution >= 0.6 is 0 Å². The summed E-state index contributed by atoms with van der Waals surface area (Å²) in [6.45, 7) is 2.85. The number of benzene rings is 2. The molecule has 0 saturated heterocycles. The van der Waals surface area contributed by atoms with Gasteiger partial charge in [-0.1, -0.05) is 36.4 Å². The lowest BCUT2D eigenvalue weighted by Gasteiger charge is -2.13. The van der Waals surface area contributed by atoms with E-state index in [2.05, 4.69) is 66.0 Å². The van der Waals surface area contributed by atoms with Gasteiger partial charge in [-0.25, -0.2) is 0 Å². The fourth-order valence-corrected chi connectivity index (χ4v) is 3.75. The monoisotopic (exact) mass is 320 g/mol. The van der Waals surface area contributed by atoms with E-state index in [0.29, 0.717) is 6.61 Å². The Morgan fingerprint density at radius 2 is 1.71 bits per heavy atom. The van der Waals surface area contributed by atoms with Gasteiger partial charge in [0, 0.05) is 37.6 Å². The maximum atomic E-state index is 6.23. The highest BCUT2D eigenvalue weighted by molar-refractivity contribution is 5.91. The molecule has 2 heterocycles. The first-order valence-electron chi connectivity index (χ1n) is 8.68. The number of fused-ring (bicyclic) bond motifs is 3. The van der Waals surface area contributed by atoms with Crippen LogP contribution in [-0.2, 0) is 26.5 Å². The van der Waals surface area contributed by atoms with E-state index < -0.39 is 0 Å². The van der Waals surface area contributed by atoms with Crippen LogP contribution in [0.25, 0.3) is 10.9 Å². The predicted octanol–water partition coefficient (Wildman–Crippen LogP) is 3.79. The van der Waals surface area contributed by atoms with E-state index in [0.717, 1.165) is 31.7 Å². The largest absolute Gasteiger partial charge is 0.488 e. The van der Waals surface area contributed by atoms with Crippen molar-refractivity contribution in [3.8, 4) is 5.75 Å². The van der Waals surface area contributed by atoms with E-state index in [1.165, 1.54) is 27.7 Å². The summed E-state index contributed by atoms with van der Waals surface area (Å²) in [5.74, 6) is 1.01. The summed E-state index contributed by atoms with van der Waals surface area (Å²) < 4.78 is 8.59. The Bertz CT molecular complexity index is 851. The van der Waals surface area contributed by atoms with Gasteiger partial charge in [-0.15, -0.1) is 0 Å². The van der Waals surface area contributed by atoms with Crippen LogP contribution in [0.1, 0.15) is 16.8 Å². The van der Waals surface area contributed by atoms with Crippen molar-refractivity contribution < 1.29 is 4.74 Å². The highest BCUT2D eigenvalue weighted by Crippen LogP contribution is 2.35. The van der Waals surface area contributed by atoms with Crippen molar-refractivity contribution in [2.45, 2.75) is 19.4 Å². The predicted molar refractivity (Wildman–Crippen MR) is 98.6 cm³/mol. The molecule has 3 aromatic rings. The molecule has 0 aliphatic carbocycles. The molecule has 4 rings (SSSR count). The number of aromatic nitrogens is 1. The Labute approximate surface area is 143 Å². The normalized spacial score (nSPS) is 15.2. The Balaban J connectivity index is 1.74. The van der Waals surface area contributed by atoms with Crippen molar-refractivity contribution in [2.24, 2.45) is 7.05 Å². The fourth-order valence-electron chi connectivity index (χ4n) is 3.75. The van der Waals surface area contributed by atoms with E-state index in [4.69, 9.17) is 4.74 Å². The van der Waals surface area contributed by atoms with Gasteiger partial charge < -0.3 is 14.2 Å². The molecule has 0 spiro atoms. The molecule has 1 aliphatic rings. The SMILES string of the molecule is CN1CCc2c(n(C)c3cccc(OCc4ccccc4)c23)CC1. The zero-order valence-electron chi connectivity index (χ0n) is 14.5. The summed E-state index contributed by atoms with van der Waals surface area (Å²) in [5.41, 5.74) is 5.43. The molecule has 0 fully saturated rings. The summed E-state index contributed by atoms with van der Waals surface area (Å²) in [4.78, 5) is 2.42. The standard InChI is InChI=1S/C21H24N2O/c1-22-13-11-17-18(12-14-22)23(2)19-9-6-10-20(21(17)19)24-15-16-7-4-3-5-8-16/h3-10H,11-15H2,1-2H3. The van der Waals surface area contributed by atoms with Gasteiger partial charge in [-0.2, -0.15) is 0 Å². The van der Waals surface area contributed by atoms with Crippen LogP contribution < -0.4 is 4.74 Å². The first kappa shape index (κ1) is 15.3. The van der Waals surface area contributed by atoms with Gasteiger partial charge in [0.05, 0.1) is 5.52 Å². The van der Waals surface area contributed by atoms with Gasteiger partial charge >= 0.3 is 0 Å². The number of nitrogens with zero attached hydrogens (tertiary/aromatic N) is 2. The Morgan fingerprint density at radius 1 is 0.917 bits per heavy atom. The van der Waals surface area contributed by atoms with Crippen LogP contribution in [0.3, 0.4) is 0 Å². The minimum absolute atomic E-state index is 0.615. The molecule has 0 bridgehead atoms. The van der Waals surface area contributed by atoms with E-state index in [9.17, 15) is 0 Å². The van der Waals surface area contributed by atoms with Crippen LogP contribution in [0.4, 0.5) is 0 Å². The second kappa shape index (κ2) is 6.33. The Morgan fingerprint density at radius 3 is 2.54 bits per heavy atom. The Hall–Kier alpha value is -2.26. The smallest absolute Gasteiger partial charge is 0.129 e. The number of rotatable bonds is 3. The van der Waals surface area contributed by atoms with E-state index >= 15 is 0 Å². The number of hydrogen-bond donors (Lipinski definition) is 0. The fraction of sp³-hybridized carbons (Fsp3) is 0.333. The maximum absolute atomic E-state index is 6.23. The lowest BCUT2D eigenvalue weighted by Crippen LogP contribution is -2.21. The van der Waals surface area contributed by atoms with Crippen molar-refractivity contribution >= 4 is 10.9 Å². The van der Waals surface area contributed by atoms with Crippen LogP contribution in [0.15, 0.2) is 48.5 Å². The minimum Gasteiger partial charge on any atom is -0.488 e. The molecule has 0 amide bonds. The van der Waals surface area contributed by atoms with E-state index in [1.54, 1.807) is 0 Å². The first-order chi connectivity index (χ1) is 11.7. The third kappa shape index (κ3) is 2.69. The average molecular weight is 320 g/mol. The molecular formula is C21H24N2O. The third-order valence-electron chi connectivity index (χ3n) is 5.13. The summed E-state index contributed by atoms with van der Waals surface area (Å²) in [7, 11) is 4.40. The lowest BCUT2D eigenvalue weighted by atomic mass is 10.1. The summed E-state index contributed by atoms with van der Waals surface area (Å²) in [6.07, 6.45) is 2.20. The summed E-state index contributed by atoms with van der Waals surface area (Å²) in [6, 6.07) is 16.8. The molecule has 3 nitrogen and oxygen atoms in total. The zero-order chi connectivity index (χ0) is 16.5. The molecule has 124 valence electrons. The van der Waals surface area contributed by atoms with E-state index in [-0.39, 0.29) is 0 Å². The molecule has 1 aromatic heterocycles. The number of aryl methyl sites for hydroxylation is 1. The van der Waals surface area contributed by atoms with Crippen molar-refractivity contribution in [1.29, 1.82) is 0 Å². The van der Waals surface area contributed by atoms with Crippen LogP contribution in [-0.4, -0.2) is 29.6 Å². The summed E-state index contributed by atoms with van der Waals surface area (Å²) in [5, 5.41) is 1.31. The minimum atomic E-state index is 0.615. The van der Waals surface area contributed by atoms with Crippen LogP contribution in [0.2, 0.25) is 0 Å². The molecule has 0 saturated carbocycles. The van der Waals surface area contributed by atoms with Crippen molar-refractivity contribution in [1.82, 2.24) is 9.47 Å². The molecule has 0 N–H and O–H groups in total. The molecule has 0 radical (unpaired) electrons. The molecule has 2 aromatic carbocycles. The second-order valence-electron chi connectivity index (χ2n) is 6.71. The molecule has 0 atom stereocenters. The van der Waals surface area contributed by atoms with Crippen LogP contribution in [0.5, 0.6) is 5.75 Å². The molecular weight excluding hydrogens is 296 g/mol. The van der Waals surface area contributed by atoms with Gasteiger partial charge in [-0.05, 0) is 36.7 Å². The average Bonchev–Trinajstić information content (AvgIpc) is 2.76. The summed E-state index contributed by atoms with van der Waals surface area (Å²) >= 11 is 0. The molecule has 0 unspecified atom stereocenters. The van der Waals surface area contributed by atoms with Gasteiger partial charge in [0.15, 0.2) is 0 Å². The van der Waals surface area contributed by atoms with Crippen molar-refractivity contribution in [3.05, 3.63) is 65.4 Å². The number of likely N-dealkylation sites (N-methyl/N-ethyl adjacent to an activating group) is 1. The van der Waals surface area contributed by atoms with Gasteiger partial charge in [0.2, 0.25) is 0 Å². The van der Waals surface area contributed by atoms with Gasteiger partial charge in [0.25, 0.3) is 0 Å². The van der Waals surface area contributed by atoms with Gasteiger partial charge in [0.1, 0.15) is 12.4 Å². The number of ether oxygens (including phenoxy) is 1. The highest BCUT2D eigenvalue weighted by Gasteiger charge is 2.21. The van der Waals surface area contributed by atoms with E-state index in [1.807, 2.05) is 6.07 Å². The molecule has 24 heavy (non-hydrogen) atoms.